The lowest BCUT2D eigenvalue weighted by Gasteiger charge is -2.23. The van der Waals surface area contributed by atoms with Crippen LogP contribution in [0.25, 0.3) is 0 Å². The molecule has 1 aromatic heterocycles. The highest BCUT2D eigenvalue weighted by atomic mass is 32.2. The highest BCUT2D eigenvalue weighted by Crippen LogP contribution is 2.37. The van der Waals surface area contributed by atoms with Gasteiger partial charge < -0.3 is 14.9 Å². The van der Waals surface area contributed by atoms with Crippen LogP contribution in [0.4, 0.5) is 0 Å². The van der Waals surface area contributed by atoms with Crippen molar-refractivity contribution < 1.29 is 14.9 Å². The summed E-state index contributed by atoms with van der Waals surface area (Å²) in [6.07, 6.45) is -0.943. The van der Waals surface area contributed by atoms with Gasteiger partial charge in [-0.05, 0) is 11.8 Å². The van der Waals surface area contributed by atoms with Gasteiger partial charge in [-0.25, -0.2) is 4.79 Å². The highest BCUT2D eigenvalue weighted by Gasteiger charge is 2.45. The molecule has 0 amide bonds. The predicted molar refractivity (Wildman–Crippen MR) is 92.7 cm³/mol. The first-order chi connectivity index (χ1) is 10.7. The molecule has 0 radical (unpaired) electrons. The molecule has 0 aromatic carbocycles. The van der Waals surface area contributed by atoms with Gasteiger partial charge >= 0.3 is 5.69 Å². The lowest BCUT2D eigenvalue weighted by Crippen LogP contribution is -2.36. The molecule has 130 valence electrons. The van der Waals surface area contributed by atoms with Gasteiger partial charge in [0.15, 0.2) is 6.23 Å². The van der Waals surface area contributed by atoms with Crippen LogP contribution in [0.3, 0.4) is 0 Å². The van der Waals surface area contributed by atoms with Gasteiger partial charge in [0.2, 0.25) is 0 Å². The Balaban J connectivity index is 2.20. The fraction of sp³-hybridized carbons (Fsp3) is 0.714. The molecule has 7 nitrogen and oxygen atoms in total. The molecule has 0 aliphatic carbocycles. The van der Waals surface area contributed by atoms with Gasteiger partial charge in [0.25, 0.3) is 5.56 Å². The van der Waals surface area contributed by atoms with Crippen molar-refractivity contribution in [2.45, 2.75) is 49.4 Å². The third-order valence-corrected chi connectivity index (χ3v) is 7.23. The second-order valence-electron chi connectivity index (χ2n) is 6.90. The Hall–Kier alpha value is -0.873. The Bertz CT molecular complexity index is 641. The second kappa shape index (κ2) is 7.35. The van der Waals surface area contributed by atoms with E-state index in [1.54, 1.807) is 11.8 Å². The van der Waals surface area contributed by atoms with Crippen LogP contribution in [-0.2, 0) is 4.74 Å². The molecule has 1 saturated heterocycles. The molecule has 1 fully saturated rings. The van der Waals surface area contributed by atoms with E-state index in [-0.39, 0.29) is 11.9 Å². The van der Waals surface area contributed by atoms with Gasteiger partial charge in [-0.3, -0.25) is 14.3 Å². The quantitative estimate of drug-likeness (QED) is 0.627. The number of aliphatic hydroxyl groups is 2. The molecule has 9 heteroatoms. The van der Waals surface area contributed by atoms with Crippen LogP contribution in [-0.4, -0.2) is 57.7 Å². The second-order valence-corrected chi connectivity index (χ2v) is 13.8. The minimum Gasteiger partial charge on any atom is -0.394 e. The lowest BCUT2D eigenvalue weighted by atomic mass is 10.2. The monoisotopic (exact) mass is 360 g/mol. The Morgan fingerprint density at radius 3 is 2.65 bits per heavy atom. The third kappa shape index (κ3) is 4.57. The van der Waals surface area contributed by atoms with E-state index in [2.05, 4.69) is 24.6 Å². The van der Waals surface area contributed by atoms with Crippen LogP contribution < -0.4 is 11.2 Å². The molecule has 2 heterocycles. The van der Waals surface area contributed by atoms with E-state index in [0.29, 0.717) is 0 Å². The van der Waals surface area contributed by atoms with Crippen molar-refractivity contribution in [1.29, 1.82) is 0 Å². The molecule has 1 aromatic rings. The van der Waals surface area contributed by atoms with Crippen molar-refractivity contribution in [1.82, 2.24) is 9.55 Å². The molecule has 1 aliphatic rings. The van der Waals surface area contributed by atoms with Crippen molar-refractivity contribution >= 4 is 19.8 Å². The molecule has 23 heavy (non-hydrogen) atoms. The lowest BCUT2D eigenvalue weighted by molar-refractivity contribution is -0.0457. The van der Waals surface area contributed by atoms with E-state index in [0.717, 1.165) is 11.8 Å². The van der Waals surface area contributed by atoms with Crippen molar-refractivity contribution in [2.24, 2.45) is 0 Å². The number of ether oxygens (including phenoxy) is 1. The standard InChI is InChI=1S/C14H24N2O5SSi/c1-23(2,3)7-6-22-12-11(19)9(8-17)21-13(12)16-5-4-10(18)15-14(16)20/h4-5,9,11-13,17,19H,6-8H2,1-3H3,(H,15,18,20)/t9-,11?,12?,13-/m1/s1. The average molecular weight is 361 g/mol. The van der Waals surface area contributed by atoms with Crippen molar-refractivity contribution in [3.05, 3.63) is 33.1 Å². The number of rotatable bonds is 6. The first-order valence-electron chi connectivity index (χ1n) is 7.60. The zero-order chi connectivity index (χ0) is 17.2. The number of nitrogens with zero attached hydrogens (tertiary/aromatic N) is 1. The number of hydrogen-bond donors (Lipinski definition) is 3. The first kappa shape index (κ1) is 18.5. The summed E-state index contributed by atoms with van der Waals surface area (Å²) in [5.74, 6) is 0.855. The fourth-order valence-corrected chi connectivity index (χ4v) is 6.33. The number of hydrogen-bond acceptors (Lipinski definition) is 6. The Morgan fingerprint density at radius 1 is 1.39 bits per heavy atom. The molecule has 0 spiro atoms. The van der Waals surface area contributed by atoms with E-state index < -0.39 is 37.8 Å². The van der Waals surface area contributed by atoms with Crippen LogP contribution in [0.1, 0.15) is 6.23 Å². The summed E-state index contributed by atoms with van der Waals surface area (Å²) in [7, 11) is -1.20. The molecular weight excluding hydrogens is 336 g/mol. The summed E-state index contributed by atoms with van der Waals surface area (Å²) in [6.45, 7) is 6.50. The molecule has 3 N–H and O–H groups in total. The van der Waals surface area contributed by atoms with Gasteiger partial charge in [-0.15, -0.1) is 0 Å². The molecular formula is C14H24N2O5SSi. The minimum absolute atomic E-state index is 0.319. The topological polar surface area (TPSA) is 105 Å². The van der Waals surface area contributed by atoms with E-state index in [1.165, 1.54) is 16.8 Å². The molecule has 0 saturated carbocycles. The molecule has 0 bridgehead atoms. The number of aromatic amines is 1. The van der Waals surface area contributed by atoms with Gasteiger partial charge in [0, 0.05) is 20.3 Å². The highest BCUT2D eigenvalue weighted by molar-refractivity contribution is 8.00. The Kier molecular flexibility index (Phi) is 5.90. The van der Waals surface area contributed by atoms with Crippen molar-refractivity contribution in [3.8, 4) is 0 Å². The predicted octanol–water partition coefficient (Wildman–Crippen LogP) is 0.227. The minimum atomic E-state index is -1.20. The first-order valence-corrected chi connectivity index (χ1v) is 12.4. The summed E-state index contributed by atoms with van der Waals surface area (Å²) in [4.78, 5) is 25.4. The third-order valence-electron chi connectivity index (χ3n) is 3.78. The number of H-pyrrole nitrogens is 1. The van der Waals surface area contributed by atoms with E-state index in [1.807, 2.05) is 0 Å². The van der Waals surface area contributed by atoms with E-state index >= 15 is 0 Å². The van der Waals surface area contributed by atoms with Crippen molar-refractivity contribution in [2.75, 3.05) is 12.4 Å². The molecule has 1 aliphatic heterocycles. The van der Waals surface area contributed by atoms with E-state index in [4.69, 9.17) is 4.74 Å². The smallest absolute Gasteiger partial charge is 0.330 e. The number of nitrogens with one attached hydrogen (secondary N) is 1. The van der Waals surface area contributed by atoms with Crippen LogP contribution in [0.2, 0.25) is 25.7 Å². The Labute approximate surface area is 139 Å². The summed E-state index contributed by atoms with van der Waals surface area (Å²) < 4.78 is 6.93. The summed E-state index contributed by atoms with van der Waals surface area (Å²) in [5, 5.41) is 19.4. The van der Waals surface area contributed by atoms with Crippen LogP contribution in [0, 0.1) is 0 Å². The average Bonchev–Trinajstić information content (AvgIpc) is 2.75. The largest absolute Gasteiger partial charge is 0.394 e. The van der Waals surface area contributed by atoms with Crippen LogP contribution in [0.15, 0.2) is 21.9 Å². The maximum Gasteiger partial charge on any atom is 0.330 e. The van der Waals surface area contributed by atoms with Crippen molar-refractivity contribution in [3.63, 3.8) is 0 Å². The molecule has 2 unspecified atom stereocenters. The van der Waals surface area contributed by atoms with Gasteiger partial charge in [0.05, 0.1) is 18.0 Å². The number of thioether (sulfide) groups is 1. The molecule has 4 atom stereocenters. The normalized spacial score (nSPS) is 28.2. The zero-order valence-corrected chi connectivity index (χ0v) is 15.4. The Morgan fingerprint density at radius 2 is 2.09 bits per heavy atom. The maximum absolute atomic E-state index is 12.0. The summed E-state index contributed by atoms with van der Waals surface area (Å²) in [5.41, 5.74) is -1.06. The maximum atomic E-state index is 12.0. The van der Waals surface area contributed by atoms with Crippen LogP contribution >= 0.6 is 11.8 Å². The summed E-state index contributed by atoms with van der Waals surface area (Å²) in [6, 6.07) is 2.32. The van der Waals surface area contributed by atoms with E-state index in [9.17, 15) is 19.8 Å². The van der Waals surface area contributed by atoms with Crippen LogP contribution in [0.5, 0.6) is 0 Å². The zero-order valence-electron chi connectivity index (χ0n) is 13.6. The number of aromatic nitrogens is 2. The SMILES string of the molecule is C[Si](C)(C)CCSC1C(O)[C@@H](CO)O[C@H]1n1ccc(=O)[nH]c1=O. The van der Waals surface area contributed by atoms with Gasteiger partial charge in [0.1, 0.15) is 6.10 Å². The van der Waals surface area contributed by atoms with Gasteiger partial charge in [-0.2, -0.15) is 11.8 Å². The fourth-order valence-electron chi connectivity index (χ4n) is 2.40. The summed E-state index contributed by atoms with van der Waals surface area (Å²) >= 11 is 1.55. The number of aliphatic hydroxyl groups excluding tert-OH is 2. The van der Waals surface area contributed by atoms with Gasteiger partial charge in [-0.1, -0.05) is 19.6 Å². The molecule has 2 rings (SSSR count).